The highest BCUT2D eigenvalue weighted by molar-refractivity contribution is 5.26. The first-order valence-electron chi connectivity index (χ1n) is 13.9. The first-order chi connectivity index (χ1) is 16.0. The summed E-state index contributed by atoms with van der Waals surface area (Å²) in [4.78, 5) is 2.57. The van der Waals surface area contributed by atoms with Gasteiger partial charge in [-0.3, -0.25) is 0 Å². The fraction of sp³-hybridized carbons (Fsp3) is 0.733. The third-order valence-electron chi connectivity index (χ3n) is 8.55. The van der Waals surface area contributed by atoms with Gasteiger partial charge in [0.15, 0.2) is 0 Å². The van der Waals surface area contributed by atoms with Gasteiger partial charge in [0.1, 0.15) is 0 Å². The van der Waals surface area contributed by atoms with Crippen LogP contribution in [-0.2, 0) is 0 Å². The average molecular weight is 454 g/mol. The topological polar surface area (TPSA) is 27.3 Å². The van der Waals surface area contributed by atoms with E-state index in [-0.39, 0.29) is 0 Å². The molecule has 33 heavy (non-hydrogen) atoms. The van der Waals surface area contributed by atoms with E-state index >= 15 is 0 Å². The maximum absolute atomic E-state index is 4.56. The van der Waals surface area contributed by atoms with Gasteiger partial charge in [-0.1, -0.05) is 95.2 Å². The van der Waals surface area contributed by atoms with Gasteiger partial charge >= 0.3 is 0 Å². The van der Waals surface area contributed by atoms with Gasteiger partial charge in [-0.15, -0.1) is 0 Å². The molecule has 0 bridgehead atoms. The van der Waals surface area contributed by atoms with Crippen LogP contribution in [0.5, 0.6) is 0 Å². The predicted octanol–water partition coefficient (Wildman–Crippen LogP) is 6.85. The molecule has 4 atom stereocenters. The summed E-state index contributed by atoms with van der Waals surface area (Å²) in [5.74, 6) is 4.06. The Balaban J connectivity index is 1.65. The van der Waals surface area contributed by atoms with Crippen molar-refractivity contribution in [3.63, 3.8) is 0 Å². The lowest BCUT2D eigenvalue weighted by atomic mass is 9.77. The minimum absolute atomic E-state index is 0.457. The minimum Gasteiger partial charge on any atom is -0.368 e. The molecule has 1 aliphatic carbocycles. The largest absolute Gasteiger partial charge is 0.368 e. The molecule has 2 fully saturated rings. The second kappa shape index (κ2) is 13.4. The van der Waals surface area contributed by atoms with Crippen LogP contribution in [0, 0.1) is 24.7 Å². The summed E-state index contributed by atoms with van der Waals surface area (Å²) in [6.07, 6.45) is 13.6. The molecule has 0 amide bonds. The van der Waals surface area contributed by atoms with Crippen molar-refractivity contribution < 1.29 is 0 Å². The molecule has 1 aromatic rings. The van der Waals surface area contributed by atoms with E-state index in [1.54, 1.807) is 5.56 Å². The van der Waals surface area contributed by atoms with E-state index < -0.39 is 0 Å². The third-order valence-corrected chi connectivity index (χ3v) is 8.55. The van der Waals surface area contributed by atoms with E-state index in [4.69, 9.17) is 0 Å². The van der Waals surface area contributed by atoms with Crippen molar-refractivity contribution in [1.29, 1.82) is 0 Å². The van der Waals surface area contributed by atoms with Crippen LogP contribution >= 0.6 is 0 Å². The Kier molecular flexibility index (Phi) is 10.6. The summed E-state index contributed by atoms with van der Waals surface area (Å²) >= 11 is 0. The Labute approximate surface area is 204 Å². The lowest BCUT2D eigenvalue weighted by Gasteiger charge is -2.42. The third kappa shape index (κ3) is 7.50. The Morgan fingerprint density at radius 3 is 2.58 bits per heavy atom. The summed E-state index contributed by atoms with van der Waals surface area (Å²) in [5, 5.41) is 7.36. The number of nitrogens with one attached hydrogen (secondary N) is 2. The number of nitrogens with zero attached hydrogens (tertiary/aromatic N) is 1. The molecule has 1 saturated heterocycles. The number of hydrogen-bond donors (Lipinski definition) is 2. The molecular formula is C30H51N3. The minimum atomic E-state index is 0.457. The summed E-state index contributed by atoms with van der Waals surface area (Å²) in [6, 6.07) is 9.74. The zero-order chi connectivity index (χ0) is 23.6. The molecule has 0 unspecified atom stereocenters. The lowest BCUT2D eigenvalue weighted by Crippen LogP contribution is -2.49. The fourth-order valence-corrected chi connectivity index (χ4v) is 6.46. The predicted molar refractivity (Wildman–Crippen MR) is 143 cm³/mol. The van der Waals surface area contributed by atoms with Gasteiger partial charge in [0, 0.05) is 25.7 Å². The van der Waals surface area contributed by atoms with E-state index in [0.29, 0.717) is 23.8 Å². The van der Waals surface area contributed by atoms with Crippen molar-refractivity contribution in [2.24, 2.45) is 17.8 Å². The molecule has 3 heteroatoms. The Bertz CT molecular complexity index is 708. The van der Waals surface area contributed by atoms with Crippen LogP contribution < -0.4 is 10.6 Å². The monoisotopic (exact) mass is 453 g/mol. The van der Waals surface area contributed by atoms with Gasteiger partial charge in [-0.2, -0.15) is 0 Å². The van der Waals surface area contributed by atoms with E-state index in [2.05, 4.69) is 74.2 Å². The molecule has 2 aliphatic rings. The van der Waals surface area contributed by atoms with Gasteiger partial charge in [0.2, 0.25) is 0 Å². The molecule has 0 aromatic heterocycles. The van der Waals surface area contributed by atoms with Crippen LogP contribution in [-0.4, -0.2) is 37.6 Å². The smallest absolute Gasteiger partial charge is 0.0941 e. The zero-order valence-electron chi connectivity index (χ0n) is 22.0. The Morgan fingerprint density at radius 1 is 1.12 bits per heavy atom. The molecule has 2 N–H and O–H groups in total. The fourth-order valence-electron chi connectivity index (χ4n) is 6.46. The number of likely N-dealkylation sites (tertiary alicyclic amines) is 1. The number of benzene rings is 1. The average Bonchev–Trinajstić information content (AvgIpc) is 2.84. The van der Waals surface area contributed by atoms with Crippen molar-refractivity contribution in [1.82, 2.24) is 15.5 Å². The molecular weight excluding hydrogens is 402 g/mol. The lowest BCUT2D eigenvalue weighted by molar-refractivity contribution is 0.161. The number of hydrogen-bond acceptors (Lipinski definition) is 3. The highest BCUT2D eigenvalue weighted by Crippen LogP contribution is 2.37. The molecule has 186 valence electrons. The second-order valence-corrected chi connectivity index (χ2v) is 11.0. The number of likely N-dealkylation sites (N-methyl/N-ethyl adjacent to an activating group) is 1. The van der Waals surface area contributed by atoms with E-state index in [1.807, 2.05) is 0 Å². The van der Waals surface area contributed by atoms with Gasteiger partial charge in [0.25, 0.3) is 0 Å². The van der Waals surface area contributed by atoms with Crippen LogP contribution in [0.3, 0.4) is 0 Å². The highest BCUT2D eigenvalue weighted by atomic mass is 15.3. The van der Waals surface area contributed by atoms with Crippen molar-refractivity contribution in [3.05, 3.63) is 47.8 Å². The van der Waals surface area contributed by atoms with Gasteiger partial charge < -0.3 is 15.5 Å². The maximum atomic E-state index is 4.56. The summed E-state index contributed by atoms with van der Waals surface area (Å²) in [7, 11) is 2.09. The molecule has 3 rings (SSSR count). The molecule has 3 nitrogen and oxygen atoms in total. The summed E-state index contributed by atoms with van der Waals surface area (Å²) < 4.78 is 0. The van der Waals surface area contributed by atoms with Crippen LogP contribution in [0.2, 0.25) is 0 Å². The van der Waals surface area contributed by atoms with Crippen LogP contribution in [0.4, 0.5) is 0 Å². The quantitative estimate of drug-likeness (QED) is 0.362. The van der Waals surface area contributed by atoms with Crippen LogP contribution in [0.1, 0.15) is 95.1 Å². The highest BCUT2D eigenvalue weighted by Gasteiger charge is 2.31. The molecule has 0 radical (unpaired) electrons. The van der Waals surface area contributed by atoms with E-state index in [1.165, 1.54) is 69.8 Å². The number of piperidine rings is 1. The number of unbranched alkanes of at least 4 members (excludes halogenated alkanes) is 1. The Morgan fingerprint density at radius 2 is 1.88 bits per heavy atom. The van der Waals surface area contributed by atoms with E-state index in [0.717, 1.165) is 31.4 Å². The molecule has 1 aromatic carbocycles. The Hall–Kier alpha value is -1.48. The number of rotatable bonds is 12. The van der Waals surface area contributed by atoms with Crippen LogP contribution in [0.15, 0.2) is 36.7 Å². The SMILES string of the molecule is C=C(N[C@H](CNC)[C@@H](C)C1CCCCC1)N1CCC[C@@H]([C@@H](CCCC)c2cccc(C)c2)C1. The second-order valence-electron chi connectivity index (χ2n) is 11.0. The normalized spacial score (nSPS) is 22.5. The molecule has 1 aliphatic heterocycles. The first kappa shape index (κ1) is 26.1. The van der Waals surface area contributed by atoms with Crippen molar-refractivity contribution in [2.75, 3.05) is 26.7 Å². The maximum Gasteiger partial charge on any atom is 0.0941 e. The van der Waals surface area contributed by atoms with Crippen molar-refractivity contribution in [2.45, 2.75) is 96.9 Å². The van der Waals surface area contributed by atoms with Crippen molar-refractivity contribution >= 4 is 0 Å². The number of aryl methyl sites for hydroxylation is 1. The van der Waals surface area contributed by atoms with Gasteiger partial charge in [-0.05, 0) is 62.5 Å². The molecule has 1 saturated carbocycles. The van der Waals surface area contributed by atoms with E-state index in [9.17, 15) is 0 Å². The standard InChI is InChI=1S/C30H51N3/c1-6-7-18-29(27-16-11-13-23(2)20-27)28-17-12-19-33(22-28)25(4)32-30(21-31-5)24(3)26-14-9-8-10-15-26/h11,13,16,20,24,26,28-32H,4,6-10,12,14-15,17-19,21-22H2,1-3,5H3/t24-,28+,29-,30+/m0/s1. The molecule has 0 spiro atoms. The van der Waals surface area contributed by atoms with Gasteiger partial charge in [-0.25, -0.2) is 0 Å². The first-order valence-corrected chi connectivity index (χ1v) is 13.9. The molecule has 1 heterocycles. The van der Waals surface area contributed by atoms with Crippen molar-refractivity contribution in [3.8, 4) is 0 Å². The summed E-state index contributed by atoms with van der Waals surface area (Å²) in [6.45, 7) is 14.9. The zero-order valence-corrected chi connectivity index (χ0v) is 22.0. The summed E-state index contributed by atoms with van der Waals surface area (Å²) in [5.41, 5.74) is 2.94. The van der Waals surface area contributed by atoms with Crippen LogP contribution in [0.25, 0.3) is 0 Å². The van der Waals surface area contributed by atoms with Gasteiger partial charge in [0.05, 0.1) is 5.82 Å².